The Morgan fingerprint density at radius 1 is 1.20 bits per heavy atom. The number of rotatable bonds is 4. The molecule has 0 unspecified atom stereocenters. The molecule has 1 aliphatic heterocycles. The van der Waals surface area contributed by atoms with Crippen molar-refractivity contribution in [3.8, 4) is 0 Å². The van der Waals surface area contributed by atoms with Gasteiger partial charge in [-0.15, -0.1) is 11.3 Å². The minimum absolute atomic E-state index is 0.00504. The van der Waals surface area contributed by atoms with Gasteiger partial charge in [0.1, 0.15) is 11.4 Å². The quantitative estimate of drug-likeness (QED) is 0.834. The highest BCUT2D eigenvalue weighted by molar-refractivity contribution is 7.17. The van der Waals surface area contributed by atoms with Crippen LogP contribution < -0.4 is 11.2 Å². The minimum atomic E-state index is -0.416. The molecule has 1 amide bonds. The molecule has 7 heteroatoms. The summed E-state index contributed by atoms with van der Waals surface area (Å²) in [6, 6.07) is 0. The number of amides is 1. The van der Waals surface area contributed by atoms with Gasteiger partial charge < -0.3 is 4.90 Å². The van der Waals surface area contributed by atoms with Crippen LogP contribution in [0.25, 0.3) is 10.2 Å². The standard InChI is InChI=1S/C18H25N3O3S/c1-12(2)9-13-11-25-17-15(13)16(23)19(3)18(24)21(17)10-14(22)20-7-5-4-6-8-20/h11-12H,4-10H2,1-3H3. The van der Waals surface area contributed by atoms with Gasteiger partial charge in [-0.2, -0.15) is 0 Å². The van der Waals surface area contributed by atoms with Crippen molar-refractivity contribution in [2.45, 2.75) is 46.1 Å². The summed E-state index contributed by atoms with van der Waals surface area (Å²) in [7, 11) is 1.49. The van der Waals surface area contributed by atoms with Gasteiger partial charge in [0.25, 0.3) is 5.56 Å². The highest BCUT2D eigenvalue weighted by Gasteiger charge is 2.22. The molecule has 0 aromatic carbocycles. The molecule has 1 fully saturated rings. The monoisotopic (exact) mass is 363 g/mol. The van der Waals surface area contributed by atoms with Crippen LogP contribution in [-0.2, 0) is 24.8 Å². The van der Waals surface area contributed by atoms with Gasteiger partial charge >= 0.3 is 5.69 Å². The molecular formula is C18H25N3O3S. The second kappa shape index (κ2) is 7.15. The van der Waals surface area contributed by atoms with Gasteiger partial charge in [0.15, 0.2) is 0 Å². The topological polar surface area (TPSA) is 64.3 Å². The predicted octanol–water partition coefficient (Wildman–Crippen LogP) is 1.97. The lowest BCUT2D eigenvalue weighted by Crippen LogP contribution is -2.43. The van der Waals surface area contributed by atoms with Gasteiger partial charge in [0.05, 0.1) is 5.39 Å². The maximum Gasteiger partial charge on any atom is 0.332 e. The van der Waals surface area contributed by atoms with Crippen LogP contribution in [0.4, 0.5) is 0 Å². The third kappa shape index (κ3) is 3.42. The Labute approximate surface area is 150 Å². The van der Waals surface area contributed by atoms with Crippen LogP contribution in [0.1, 0.15) is 38.7 Å². The molecule has 0 saturated carbocycles. The van der Waals surface area contributed by atoms with Crippen molar-refractivity contribution < 1.29 is 4.79 Å². The number of piperidine rings is 1. The Balaban J connectivity index is 2.05. The summed E-state index contributed by atoms with van der Waals surface area (Å²) in [4.78, 5) is 40.3. The van der Waals surface area contributed by atoms with Gasteiger partial charge in [-0.3, -0.25) is 18.7 Å². The smallest absolute Gasteiger partial charge is 0.332 e. The fourth-order valence-electron chi connectivity index (χ4n) is 3.44. The molecule has 2 aromatic heterocycles. The van der Waals surface area contributed by atoms with Crippen LogP contribution in [0.3, 0.4) is 0 Å². The zero-order valence-electron chi connectivity index (χ0n) is 15.1. The van der Waals surface area contributed by atoms with Crippen molar-refractivity contribution >= 4 is 27.5 Å². The molecular weight excluding hydrogens is 338 g/mol. The number of hydrogen-bond donors (Lipinski definition) is 0. The Hall–Kier alpha value is -1.89. The fourth-order valence-corrected chi connectivity index (χ4v) is 4.51. The first kappa shape index (κ1) is 17.9. The highest BCUT2D eigenvalue weighted by Crippen LogP contribution is 2.24. The van der Waals surface area contributed by atoms with E-state index in [-0.39, 0.29) is 18.0 Å². The molecule has 3 heterocycles. The molecule has 136 valence electrons. The minimum Gasteiger partial charge on any atom is -0.341 e. The van der Waals surface area contributed by atoms with Crippen molar-refractivity contribution in [2.75, 3.05) is 13.1 Å². The predicted molar refractivity (Wildman–Crippen MR) is 100 cm³/mol. The number of hydrogen-bond acceptors (Lipinski definition) is 4. The van der Waals surface area contributed by atoms with Crippen LogP contribution in [0, 0.1) is 5.92 Å². The van der Waals surface area contributed by atoms with Crippen LogP contribution in [0.2, 0.25) is 0 Å². The SMILES string of the molecule is CC(C)Cc1csc2c1c(=O)n(C)c(=O)n2CC(=O)N1CCCCC1. The third-order valence-corrected chi connectivity index (χ3v) is 5.81. The summed E-state index contributed by atoms with van der Waals surface area (Å²) >= 11 is 1.39. The van der Waals surface area contributed by atoms with Gasteiger partial charge in [0, 0.05) is 20.1 Å². The molecule has 3 rings (SSSR count). The van der Waals surface area contributed by atoms with E-state index in [9.17, 15) is 14.4 Å². The molecule has 1 aliphatic rings. The first-order chi connectivity index (χ1) is 11.9. The Morgan fingerprint density at radius 2 is 1.88 bits per heavy atom. The number of nitrogens with zero attached hydrogens (tertiary/aromatic N) is 3. The van der Waals surface area contributed by atoms with Gasteiger partial charge in [-0.05, 0) is 42.5 Å². The lowest BCUT2D eigenvalue weighted by Gasteiger charge is -2.27. The molecule has 6 nitrogen and oxygen atoms in total. The summed E-state index contributed by atoms with van der Waals surface area (Å²) in [6.45, 7) is 5.72. The van der Waals surface area contributed by atoms with E-state index in [1.165, 1.54) is 23.0 Å². The largest absolute Gasteiger partial charge is 0.341 e. The molecule has 0 aliphatic carbocycles. The molecule has 2 aromatic rings. The average Bonchev–Trinajstić information content (AvgIpc) is 3.00. The van der Waals surface area contributed by atoms with Gasteiger partial charge in [-0.25, -0.2) is 4.79 Å². The van der Waals surface area contributed by atoms with Crippen LogP contribution in [-0.4, -0.2) is 33.0 Å². The number of carbonyl (C=O) groups is 1. The van der Waals surface area contributed by atoms with Crippen LogP contribution in [0.5, 0.6) is 0 Å². The van der Waals surface area contributed by atoms with Crippen molar-refractivity contribution in [2.24, 2.45) is 13.0 Å². The number of aromatic nitrogens is 2. The van der Waals surface area contributed by atoms with E-state index in [2.05, 4.69) is 13.8 Å². The van der Waals surface area contributed by atoms with Crippen molar-refractivity contribution in [1.82, 2.24) is 14.0 Å². The Morgan fingerprint density at radius 3 is 2.52 bits per heavy atom. The van der Waals surface area contributed by atoms with E-state index < -0.39 is 5.69 Å². The first-order valence-corrected chi connectivity index (χ1v) is 9.75. The molecule has 0 radical (unpaired) electrons. The average molecular weight is 363 g/mol. The summed E-state index contributed by atoms with van der Waals surface area (Å²) in [5.74, 6) is 0.374. The number of carbonyl (C=O) groups excluding carboxylic acids is 1. The Bertz CT molecular complexity index is 901. The van der Waals surface area contributed by atoms with Crippen LogP contribution >= 0.6 is 11.3 Å². The van der Waals surface area contributed by atoms with Crippen LogP contribution in [0.15, 0.2) is 15.0 Å². The number of likely N-dealkylation sites (tertiary alicyclic amines) is 1. The van der Waals surface area contributed by atoms with Crippen molar-refractivity contribution in [3.63, 3.8) is 0 Å². The summed E-state index contributed by atoms with van der Waals surface area (Å²) in [6.07, 6.45) is 3.96. The van der Waals surface area contributed by atoms with E-state index in [4.69, 9.17) is 0 Å². The number of thiophene rings is 1. The lowest BCUT2D eigenvalue weighted by molar-refractivity contribution is -0.132. The number of fused-ring (bicyclic) bond motifs is 1. The summed E-state index contributed by atoms with van der Waals surface area (Å²) < 4.78 is 2.60. The third-order valence-electron chi connectivity index (χ3n) is 4.76. The molecule has 1 saturated heterocycles. The molecule has 0 spiro atoms. The lowest BCUT2D eigenvalue weighted by atomic mass is 10.0. The second-order valence-corrected chi connectivity index (χ2v) is 8.07. The normalized spacial score (nSPS) is 15.3. The molecule has 0 bridgehead atoms. The zero-order valence-corrected chi connectivity index (χ0v) is 15.9. The maximum absolute atomic E-state index is 12.6. The highest BCUT2D eigenvalue weighted by atomic mass is 32.1. The summed E-state index contributed by atoms with van der Waals surface area (Å²) in [5, 5.41) is 2.54. The van der Waals surface area contributed by atoms with Crippen molar-refractivity contribution in [1.29, 1.82) is 0 Å². The molecule has 25 heavy (non-hydrogen) atoms. The Kier molecular flexibility index (Phi) is 5.13. The van der Waals surface area contributed by atoms with E-state index in [0.29, 0.717) is 16.1 Å². The van der Waals surface area contributed by atoms with E-state index >= 15 is 0 Å². The summed E-state index contributed by atoms with van der Waals surface area (Å²) in [5.41, 5.74) is 0.286. The van der Waals surface area contributed by atoms with Gasteiger partial charge in [0.2, 0.25) is 5.91 Å². The van der Waals surface area contributed by atoms with E-state index in [1.54, 1.807) is 0 Å². The fraction of sp³-hybridized carbons (Fsp3) is 0.611. The zero-order chi connectivity index (χ0) is 18.1. The molecule has 0 N–H and O–H groups in total. The maximum atomic E-state index is 12.6. The van der Waals surface area contributed by atoms with E-state index in [1.807, 2.05) is 10.3 Å². The van der Waals surface area contributed by atoms with E-state index in [0.717, 1.165) is 48.9 Å². The first-order valence-electron chi connectivity index (χ1n) is 8.87. The van der Waals surface area contributed by atoms with Gasteiger partial charge in [-0.1, -0.05) is 13.8 Å². The second-order valence-electron chi connectivity index (χ2n) is 7.21. The molecule has 0 atom stereocenters. The van der Waals surface area contributed by atoms with Crippen molar-refractivity contribution in [3.05, 3.63) is 31.8 Å².